The maximum absolute atomic E-state index is 12.1. The molecule has 0 aliphatic heterocycles. The van der Waals surface area contributed by atoms with Crippen LogP contribution in [-0.2, 0) is 14.8 Å². The molecule has 6 nitrogen and oxygen atoms in total. The normalized spacial score (nSPS) is 10.6. The lowest BCUT2D eigenvalue weighted by atomic mass is 10.1. The first-order valence-corrected chi connectivity index (χ1v) is 7.85. The second-order valence-corrected chi connectivity index (χ2v) is 5.98. The van der Waals surface area contributed by atoms with Crippen LogP contribution in [0.1, 0.15) is 18.1 Å². The van der Waals surface area contributed by atoms with Gasteiger partial charge in [-0.05, 0) is 37.6 Å². The molecule has 1 aromatic carbocycles. The minimum absolute atomic E-state index is 0.0684. The third kappa shape index (κ3) is 5.19. The van der Waals surface area contributed by atoms with Crippen molar-refractivity contribution >= 4 is 15.9 Å². The highest BCUT2D eigenvalue weighted by molar-refractivity contribution is 7.89. The van der Waals surface area contributed by atoms with Gasteiger partial charge in [-0.25, -0.2) is 13.1 Å². The van der Waals surface area contributed by atoms with Crippen LogP contribution in [0.15, 0.2) is 23.1 Å². The average molecular weight is 310 g/mol. The molecule has 0 aliphatic rings. The van der Waals surface area contributed by atoms with Crippen LogP contribution in [0.5, 0.6) is 0 Å². The zero-order valence-corrected chi connectivity index (χ0v) is 12.8. The van der Waals surface area contributed by atoms with Gasteiger partial charge in [0.05, 0.1) is 11.4 Å². The van der Waals surface area contributed by atoms with Crippen LogP contribution < -0.4 is 10.0 Å². The molecule has 1 aromatic rings. The maximum Gasteiger partial charge on any atom is 0.241 e. The number of benzene rings is 1. The lowest BCUT2D eigenvalue weighted by Crippen LogP contribution is -2.36. The van der Waals surface area contributed by atoms with Gasteiger partial charge < -0.3 is 10.4 Å². The second kappa shape index (κ2) is 7.78. The van der Waals surface area contributed by atoms with Crippen LogP contribution in [0.25, 0.3) is 0 Å². The number of hydrogen-bond acceptors (Lipinski definition) is 4. The largest absolute Gasteiger partial charge is 0.384 e. The number of rotatable bonds is 5. The molecule has 0 fully saturated rings. The Hall–Kier alpha value is -1.88. The highest BCUT2D eigenvalue weighted by atomic mass is 32.2. The Bertz CT molecular complexity index is 672. The van der Waals surface area contributed by atoms with E-state index in [1.165, 1.54) is 12.1 Å². The van der Waals surface area contributed by atoms with Gasteiger partial charge in [0.15, 0.2) is 0 Å². The molecule has 0 bridgehead atoms. The van der Waals surface area contributed by atoms with Crippen LogP contribution in [0.2, 0.25) is 0 Å². The molecule has 1 rings (SSSR count). The quantitative estimate of drug-likeness (QED) is 0.654. The molecule has 0 heterocycles. The zero-order valence-electron chi connectivity index (χ0n) is 11.9. The fourth-order valence-corrected chi connectivity index (χ4v) is 2.65. The van der Waals surface area contributed by atoms with E-state index in [0.29, 0.717) is 17.7 Å². The molecule has 0 spiro atoms. The number of carbonyl (C=O) groups is 1. The summed E-state index contributed by atoms with van der Waals surface area (Å²) in [5.41, 5.74) is 1.32. The second-order valence-electron chi connectivity index (χ2n) is 4.21. The summed E-state index contributed by atoms with van der Waals surface area (Å²) in [6.45, 7) is 3.36. The highest BCUT2D eigenvalue weighted by Gasteiger charge is 2.16. The van der Waals surface area contributed by atoms with Gasteiger partial charge in [0.2, 0.25) is 15.9 Å². The molecule has 0 unspecified atom stereocenters. The van der Waals surface area contributed by atoms with Gasteiger partial charge in [0.25, 0.3) is 0 Å². The van der Waals surface area contributed by atoms with E-state index in [1.807, 2.05) is 0 Å². The standard InChI is InChI=1S/C14H18N2O4S/c1-3-15-14(18)10-16-21(19,20)13-7-6-12(5-4-8-17)11(2)9-13/h6-7,9,16-17H,3,8,10H2,1-2H3,(H,15,18). The van der Waals surface area contributed by atoms with Crippen LogP contribution in [-0.4, -0.2) is 39.1 Å². The Balaban J connectivity index is 2.89. The molecule has 0 radical (unpaired) electrons. The topological polar surface area (TPSA) is 95.5 Å². The van der Waals surface area contributed by atoms with Crippen molar-refractivity contribution < 1.29 is 18.3 Å². The Kier molecular flexibility index (Phi) is 6.37. The Morgan fingerprint density at radius 3 is 2.67 bits per heavy atom. The molecule has 0 atom stereocenters. The summed E-state index contributed by atoms with van der Waals surface area (Å²) in [6, 6.07) is 4.45. The van der Waals surface area contributed by atoms with E-state index in [1.54, 1.807) is 19.9 Å². The van der Waals surface area contributed by atoms with Crippen molar-refractivity contribution in [2.24, 2.45) is 0 Å². The van der Waals surface area contributed by atoms with Gasteiger partial charge in [-0.3, -0.25) is 4.79 Å². The van der Waals surface area contributed by atoms with Gasteiger partial charge in [0.1, 0.15) is 6.61 Å². The first kappa shape index (κ1) is 17.2. The maximum atomic E-state index is 12.1. The first-order chi connectivity index (χ1) is 9.90. The summed E-state index contributed by atoms with van der Waals surface area (Å²) in [6.07, 6.45) is 0. The van der Waals surface area contributed by atoms with Crippen molar-refractivity contribution in [3.8, 4) is 11.8 Å². The third-order valence-electron chi connectivity index (χ3n) is 2.61. The minimum Gasteiger partial charge on any atom is -0.384 e. The van der Waals surface area contributed by atoms with Crippen LogP contribution in [0, 0.1) is 18.8 Å². The predicted molar refractivity (Wildman–Crippen MR) is 79.0 cm³/mol. The third-order valence-corrected chi connectivity index (χ3v) is 4.01. The Labute approximate surface area is 124 Å². The zero-order chi connectivity index (χ0) is 15.9. The summed E-state index contributed by atoms with van der Waals surface area (Å²) in [7, 11) is -3.74. The monoisotopic (exact) mass is 310 g/mol. The Morgan fingerprint density at radius 2 is 2.10 bits per heavy atom. The van der Waals surface area contributed by atoms with Crippen molar-refractivity contribution in [3.05, 3.63) is 29.3 Å². The van der Waals surface area contributed by atoms with Gasteiger partial charge in [-0.2, -0.15) is 0 Å². The van der Waals surface area contributed by atoms with Crippen molar-refractivity contribution in [2.45, 2.75) is 18.7 Å². The highest BCUT2D eigenvalue weighted by Crippen LogP contribution is 2.14. The van der Waals surface area contributed by atoms with Crippen molar-refractivity contribution in [2.75, 3.05) is 19.7 Å². The van der Waals surface area contributed by atoms with E-state index >= 15 is 0 Å². The Morgan fingerprint density at radius 1 is 1.38 bits per heavy atom. The van der Waals surface area contributed by atoms with E-state index in [4.69, 9.17) is 5.11 Å². The van der Waals surface area contributed by atoms with E-state index in [2.05, 4.69) is 21.9 Å². The van der Waals surface area contributed by atoms with Crippen molar-refractivity contribution in [1.82, 2.24) is 10.0 Å². The molecule has 7 heteroatoms. The number of nitrogens with one attached hydrogen (secondary N) is 2. The molecule has 0 saturated carbocycles. The molecular formula is C14H18N2O4S. The number of aryl methyl sites for hydroxylation is 1. The number of hydrogen-bond donors (Lipinski definition) is 3. The number of amides is 1. The predicted octanol–water partition coefficient (Wildman–Crippen LogP) is -0.247. The fraction of sp³-hybridized carbons (Fsp3) is 0.357. The van der Waals surface area contributed by atoms with Crippen molar-refractivity contribution in [1.29, 1.82) is 0 Å². The first-order valence-electron chi connectivity index (χ1n) is 6.37. The molecule has 3 N–H and O–H groups in total. The summed E-state index contributed by atoms with van der Waals surface area (Å²) in [4.78, 5) is 11.3. The average Bonchev–Trinajstić information content (AvgIpc) is 2.44. The summed E-state index contributed by atoms with van der Waals surface area (Å²) in [5.74, 6) is 4.85. The lowest BCUT2D eigenvalue weighted by Gasteiger charge is -2.08. The summed E-state index contributed by atoms with van der Waals surface area (Å²) < 4.78 is 26.3. The molecule has 1 amide bonds. The van der Waals surface area contributed by atoms with E-state index in [-0.39, 0.29) is 24.0 Å². The van der Waals surface area contributed by atoms with Crippen LogP contribution >= 0.6 is 0 Å². The van der Waals surface area contributed by atoms with Crippen molar-refractivity contribution in [3.63, 3.8) is 0 Å². The molecule has 114 valence electrons. The molecule has 0 aromatic heterocycles. The number of aliphatic hydroxyl groups excluding tert-OH is 1. The van der Waals surface area contributed by atoms with E-state index in [9.17, 15) is 13.2 Å². The van der Waals surface area contributed by atoms with E-state index < -0.39 is 10.0 Å². The number of sulfonamides is 1. The number of carbonyl (C=O) groups excluding carboxylic acids is 1. The SMILES string of the molecule is CCNC(=O)CNS(=O)(=O)c1ccc(C#CCO)c(C)c1. The molecule has 21 heavy (non-hydrogen) atoms. The number of aliphatic hydroxyl groups is 1. The number of likely N-dealkylation sites (N-methyl/N-ethyl adjacent to an activating group) is 1. The van der Waals surface area contributed by atoms with E-state index in [0.717, 1.165) is 0 Å². The smallest absolute Gasteiger partial charge is 0.241 e. The molecule has 0 aliphatic carbocycles. The summed E-state index contributed by atoms with van der Waals surface area (Å²) >= 11 is 0. The van der Waals surface area contributed by atoms with Gasteiger partial charge in [0, 0.05) is 12.1 Å². The molecular weight excluding hydrogens is 292 g/mol. The lowest BCUT2D eigenvalue weighted by molar-refractivity contribution is -0.119. The van der Waals surface area contributed by atoms with Gasteiger partial charge in [-0.15, -0.1) is 0 Å². The van der Waals surface area contributed by atoms with Crippen LogP contribution in [0.4, 0.5) is 0 Å². The van der Waals surface area contributed by atoms with Gasteiger partial charge in [-0.1, -0.05) is 11.8 Å². The molecule has 0 saturated heterocycles. The fourth-order valence-electron chi connectivity index (χ4n) is 1.58. The minimum atomic E-state index is -3.74. The summed E-state index contributed by atoms with van der Waals surface area (Å²) in [5, 5.41) is 11.2. The van der Waals surface area contributed by atoms with Crippen LogP contribution in [0.3, 0.4) is 0 Å². The van der Waals surface area contributed by atoms with Gasteiger partial charge >= 0.3 is 0 Å².